The van der Waals surface area contributed by atoms with Crippen LogP contribution in [0.3, 0.4) is 0 Å². The van der Waals surface area contributed by atoms with Crippen LogP contribution in [0.2, 0.25) is 5.02 Å². The van der Waals surface area contributed by atoms with Crippen LogP contribution >= 0.6 is 22.9 Å². The molecule has 1 heterocycles. The molecule has 1 aliphatic carbocycles. The molecule has 0 atom stereocenters. The van der Waals surface area contributed by atoms with E-state index in [1.165, 1.54) is 17.4 Å². The molecule has 1 aromatic carbocycles. The maximum Gasteiger partial charge on any atom is 0.264 e. The molecule has 0 aliphatic heterocycles. The second-order valence-corrected chi connectivity index (χ2v) is 9.96. The number of carbonyl (C=O) groups is 1. The molecule has 5 nitrogen and oxygen atoms in total. The summed E-state index contributed by atoms with van der Waals surface area (Å²) in [6.45, 7) is 0.419. The van der Waals surface area contributed by atoms with Crippen molar-refractivity contribution in [2.75, 3.05) is 12.8 Å². The molecular formula is C18H20ClFN2O3S2. The van der Waals surface area contributed by atoms with Crippen LogP contribution in [0.1, 0.15) is 33.0 Å². The van der Waals surface area contributed by atoms with Crippen molar-refractivity contribution in [2.45, 2.75) is 31.8 Å². The highest BCUT2D eigenvalue weighted by Gasteiger charge is 2.34. The van der Waals surface area contributed by atoms with Crippen LogP contribution in [0.25, 0.3) is 0 Å². The maximum absolute atomic E-state index is 14.1. The van der Waals surface area contributed by atoms with E-state index in [4.69, 9.17) is 11.6 Å². The van der Waals surface area contributed by atoms with E-state index in [0.717, 1.165) is 24.0 Å². The summed E-state index contributed by atoms with van der Waals surface area (Å²) in [5.74, 6) is -0.566. The third-order valence-corrected chi connectivity index (χ3v) is 6.46. The minimum Gasteiger partial charge on any atom is -0.330 e. The van der Waals surface area contributed by atoms with Gasteiger partial charge in [-0.1, -0.05) is 17.7 Å². The molecule has 0 spiro atoms. The number of rotatable bonds is 8. The van der Waals surface area contributed by atoms with Crippen molar-refractivity contribution in [3.63, 3.8) is 0 Å². The van der Waals surface area contributed by atoms with Crippen molar-refractivity contribution < 1.29 is 17.6 Å². The number of nitrogens with zero attached hydrogens (tertiary/aromatic N) is 1. The summed E-state index contributed by atoms with van der Waals surface area (Å²) in [6.07, 6.45) is 3.41. The van der Waals surface area contributed by atoms with E-state index < -0.39 is 15.8 Å². The molecule has 1 saturated carbocycles. The smallest absolute Gasteiger partial charge is 0.264 e. The van der Waals surface area contributed by atoms with Crippen LogP contribution < -0.4 is 4.72 Å². The topological polar surface area (TPSA) is 66.5 Å². The molecule has 0 radical (unpaired) electrons. The lowest BCUT2D eigenvalue weighted by atomic mass is 10.2. The lowest BCUT2D eigenvalue weighted by Crippen LogP contribution is -2.32. The second kappa shape index (κ2) is 8.26. The molecular weight excluding hydrogens is 411 g/mol. The van der Waals surface area contributed by atoms with Gasteiger partial charge in [-0.05, 0) is 43.5 Å². The SMILES string of the molecule is CS(=O)(=O)NCCc1ccc(C(=O)N(Cc2c(F)cccc2Cl)C2CC2)s1. The number of halogens is 2. The van der Waals surface area contributed by atoms with E-state index >= 15 is 0 Å². The predicted molar refractivity (Wildman–Crippen MR) is 105 cm³/mol. The van der Waals surface area contributed by atoms with E-state index in [9.17, 15) is 17.6 Å². The van der Waals surface area contributed by atoms with Crippen LogP contribution in [-0.4, -0.2) is 38.1 Å². The van der Waals surface area contributed by atoms with E-state index in [1.807, 2.05) is 6.07 Å². The first-order chi connectivity index (χ1) is 12.7. The minimum absolute atomic E-state index is 0.102. The fraction of sp³-hybridized carbons (Fsp3) is 0.389. The third kappa shape index (κ3) is 5.51. The van der Waals surface area contributed by atoms with Crippen molar-refractivity contribution in [1.29, 1.82) is 0 Å². The molecule has 27 heavy (non-hydrogen) atoms. The fourth-order valence-corrected chi connectivity index (χ4v) is 4.39. The number of sulfonamides is 1. The lowest BCUT2D eigenvalue weighted by molar-refractivity contribution is 0.0733. The Labute approximate surface area is 167 Å². The Morgan fingerprint density at radius 2 is 2.07 bits per heavy atom. The highest BCUT2D eigenvalue weighted by Crippen LogP contribution is 2.33. The van der Waals surface area contributed by atoms with E-state index in [1.54, 1.807) is 23.1 Å². The van der Waals surface area contributed by atoms with E-state index in [0.29, 0.717) is 21.9 Å². The Bertz CT molecular complexity index is 922. The van der Waals surface area contributed by atoms with Gasteiger partial charge < -0.3 is 4.90 Å². The van der Waals surface area contributed by atoms with Crippen molar-refractivity contribution in [3.8, 4) is 0 Å². The standard InChI is InChI=1S/C18H20ClFN2O3S2/c1-27(24,25)21-10-9-13-7-8-17(26-13)18(23)22(12-5-6-12)11-14-15(19)3-2-4-16(14)20/h2-4,7-8,12,21H,5-6,9-11H2,1H3. The maximum atomic E-state index is 14.1. The average Bonchev–Trinajstić information content (AvgIpc) is 3.31. The zero-order valence-corrected chi connectivity index (χ0v) is 17.1. The largest absolute Gasteiger partial charge is 0.330 e. The summed E-state index contributed by atoms with van der Waals surface area (Å²) in [5.41, 5.74) is 0.327. The number of hydrogen-bond acceptors (Lipinski definition) is 4. The van der Waals surface area contributed by atoms with Crippen LogP contribution in [0, 0.1) is 5.82 Å². The first-order valence-corrected chi connectivity index (χ1v) is 11.6. The van der Waals surface area contributed by atoms with Gasteiger partial charge in [0.2, 0.25) is 10.0 Å². The zero-order chi connectivity index (χ0) is 19.6. The molecule has 0 saturated heterocycles. The van der Waals surface area contributed by atoms with Gasteiger partial charge in [-0.25, -0.2) is 17.5 Å². The first-order valence-electron chi connectivity index (χ1n) is 8.52. The van der Waals surface area contributed by atoms with Gasteiger partial charge in [0.25, 0.3) is 5.91 Å². The zero-order valence-electron chi connectivity index (χ0n) is 14.7. The van der Waals surface area contributed by atoms with E-state index in [-0.39, 0.29) is 25.0 Å². The molecule has 146 valence electrons. The fourth-order valence-electron chi connectivity index (χ4n) is 2.74. The quantitative estimate of drug-likeness (QED) is 0.697. The summed E-state index contributed by atoms with van der Waals surface area (Å²) in [4.78, 5) is 16.1. The van der Waals surface area contributed by atoms with Crippen molar-refractivity contribution >= 4 is 38.9 Å². The van der Waals surface area contributed by atoms with Gasteiger partial charge in [0.05, 0.1) is 17.7 Å². The van der Waals surface area contributed by atoms with Gasteiger partial charge in [-0.3, -0.25) is 4.79 Å². The highest BCUT2D eigenvalue weighted by molar-refractivity contribution is 7.88. The van der Waals surface area contributed by atoms with Gasteiger partial charge in [0, 0.05) is 28.0 Å². The number of nitrogens with one attached hydrogen (secondary N) is 1. The van der Waals surface area contributed by atoms with Crippen LogP contribution in [0.5, 0.6) is 0 Å². The summed E-state index contributed by atoms with van der Waals surface area (Å²) in [6, 6.07) is 8.16. The third-order valence-electron chi connectivity index (χ3n) is 4.25. The Kier molecular flexibility index (Phi) is 6.20. The molecule has 1 N–H and O–H groups in total. The molecule has 1 fully saturated rings. The van der Waals surface area contributed by atoms with Gasteiger partial charge in [-0.2, -0.15) is 0 Å². The normalized spacial score (nSPS) is 14.3. The van der Waals surface area contributed by atoms with E-state index in [2.05, 4.69) is 4.72 Å². The number of benzene rings is 1. The number of thiophene rings is 1. The van der Waals surface area contributed by atoms with Gasteiger partial charge in [-0.15, -0.1) is 11.3 Å². The van der Waals surface area contributed by atoms with Gasteiger partial charge in [0.1, 0.15) is 5.82 Å². The second-order valence-electron chi connectivity index (χ2n) is 6.55. The summed E-state index contributed by atoms with van der Waals surface area (Å²) in [5, 5.41) is 0.312. The monoisotopic (exact) mass is 430 g/mol. The van der Waals surface area contributed by atoms with Crippen molar-refractivity contribution in [3.05, 3.63) is 56.5 Å². The van der Waals surface area contributed by atoms with Crippen molar-refractivity contribution in [2.24, 2.45) is 0 Å². The van der Waals surface area contributed by atoms with Crippen LogP contribution in [0.15, 0.2) is 30.3 Å². The number of amides is 1. The average molecular weight is 431 g/mol. The Morgan fingerprint density at radius 1 is 1.33 bits per heavy atom. The van der Waals surface area contributed by atoms with Crippen LogP contribution in [-0.2, 0) is 23.0 Å². The molecule has 0 unspecified atom stereocenters. The molecule has 1 aromatic heterocycles. The summed E-state index contributed by atoms with van der Waals surface area (Å²) >= 11 is 7.45. The van der Waals surface area contributed by atoms with Gasteiger partial charge >= 0.3 is 0 Å². The molecule has 3 rings (SSSR count). The van der Waals surface area contributed by atoms with Crippen molar-refractivity contribution in [1.82, 2.24) is 9.62 Å². The summed E-state index contributed by atoms with van der Waals surface area (Å²) in [7, 11) is -3.23. The predicted octanol–water partition coefficient (Wildman–Crippen LogP) is 3.44. The number of hydrogen-bond donors (Lipinski definition) is 1. The lowest BCUT2D eigenvalue weighted by Gasteiger charge is -2.22. The molecule has 9 heteroatoms. The first kappa shape index (κ1) is 20.3. The molecule has 1 amide bonds. The van der Waals surface area contributed by atoms with Gasteiger partial charge in [0.15, 0.2) is 0 Å². The molecule has 0 bridgehead atoms. The number of carbonyl (C=O) groups excluding carboxylic acids is 1. The molecule has 2 aromatic rings. The Hall–Kier alpha value is -1.48. The molecule has 1 aliphatic rings. The summed E-state index contributed by atoms with van der Waals surface area (Å²) < 4.78 is 38.8. The minimum atomic E-state index is -3.23. The Morgan fingerprint density at radius 3 is 2.70 bits per heavy atom. The van der Waals surface area contributed by atoms with Crippen LogP contribution in [0.4, 0.5) is 4.39 Å². The Balaban J connectivity index is 1.71. The highest BCUT2D eigenvalue weighted by atomic mass is 35.5.